The molecule has 2 aromatic carbocycles. The maximum absolute atomic E-state index is 13.4. The third kappa shape index (κ3) is 8.65. The number of nitrogens with one attached hydrogen (secondary N) is 2. The maximum atomic E-state index is 13.4. The third-order valence-electron chi connectivity index (χ3n) is 12.3. The Balaban J connectivity index is 0.000000432. The summed E-state index contributed by atoms with van der Waals surface area (Å²) in [5.74, 6) is -0.203. The second-order valence-corrected chi connectivity index (χ2v) is 18.1. The first kappa shape index (κ1) is 40.6. The molecule has 7 rings (SSSR count). The number of carbonyl (C=O) groups is 2. The van der Waals surface area contributed by atoms with Crippen molar-refractivity contribution in [1.82, 2.24) is 14.9 Å². The number of carbonyl (C=O) groups excluding carboxylic acids is 2. The summed E-state index contributed by atoms with van der Waals surface area (Å²) in [5.41, 5.74) is 2.05. The van der Waals surface area contributed by atoms with Crippen LogP contribution < -0.4 is 19.7 Å². The van der Waals surface area contributed by atoms with E-state index in [1.165, 1.54) is 11.1 Å². The van der Waals surface area contributed by atoms with E-state index in [1.807, 2.05) is 25.1 Å². The number of rotatable bonds is 4. The summed E-state index contributed by atoms with van der Waals surface area (Å²) < 4.78 is 64.9. The zero-order valence-electron chi connectivity index (χ0n) is 31.4. The number of anilines is 1. The predicted octanol–water partition coefficient (Wildman–Crippen LogP) is 5.62. The molecule has 2 aromatic rings. The fourth-order valence-electron chi connectivity index (χ4n) is 8.77. The highest BCUT2D eigenvalue weighted by atomic mass is 35.5. The van der Waals surface area contributed by atoms with Crippen molar-refractivity contribution in [2.24, 2.45) is 17.8 Å². The Bertz CT molecular complexity index is 1810. The summed E-state index contributed by atoms with van der Waals surface area (Å²) in [6, 6.07) is 11.3. The van der Waals surface area contributed by atoms with Gasteiger partial charge in [-0.15, -0.1) is 0 Å². The number of hydrogen-bond donors (Lipinski definition) is 2. The normalized spacial score (nSPS) is 31.7. The molecule has 6 atom stereocenters. The van der Waals surface area contributed by atoms with E-state index in [0.717, 1.165) is 70.3 Å². The molecule has 1 spiro atoms. The van der Waals surface area contributed by atoms with Crippen LogP contribution in [-0.4, -0.2) is 102 Å². The van der Waals surface area contributed by atoms with Crippen molar-refractivity contribution >= 4 is 39.5 Å². The molecule has 0 unspecified atom stereocenters. The Labute approximate surface area is 323 Å². The van der Waals surface area contributed by atoms with Crippen LogP contribution in [0.3, 0.4) is 0 Å². The first-order valence-electron chi connectivity index (χ1n) is 19.1. The Kier molecular flexibility index (Phi) is 12.7. The number of methoxy groups -OCH3 is 1. The predicted molar refractivity (Wildman–Crippen MR) is 206 cm³/mol. The van der Waals surface area contributed by atoms with Crippen molar-refractivity contribution < 1.29 is 36.3 Å². The fourth-order valence-corrected chi connectivity index (χ4v) is 10.3. The van der Waals surface area contributed by atoms with Crippen LogP contribution in [-0.2, 0) is 31.4 Å². The summed E-state index contributed by atoms with van der Waals surface area (Å²) in [6.45, 7) is 8.29. The molecule has 3 aliphatic heterocycles. The molecule has 1 amide bonds. The van der Waals surface area contributed by atoms with Crippen molar-refractivity contribution in [3.05, 3.63) is 70.3 Å². The second kappa shape index (κ2) is 17.0. The molecule has 10 nitrogen and oxygen atoms in total. The van der Waals surface area contributed by atoms with Gasteiger partial charge >= 0.3 is 0 Å². The summed E-state index contributed by atoms with van der Waals surface area (Å²) in [7, 11) is -2.41. The average Bonchev–Trinajstić information content (AvgIpc) is 3.29. The number of alkyl halides is 2. The smallest absolute Gasteiger partial charge is 0.264 e. The van der Waals surface area contributed by atoms with Gasteiger partial charge in [0, 0.05) is 68.3 Å². The van der Waals surface area contributed by atoms with Crippen LogP contribution in [0.2, 0.25) is 5.02 Å². The average molecular weight is 791 g/mol. The van der Waals surface area contributed by atoms with E-state index in [4.69, 9.17) is 21.1 Å². The summed E-state index contributed by atoms with van der Waals surface area (Å²) >= 11 is 6.40. The molecule has 5 aliphatic rings. The van der Waals surface area contributed by atoms with Crippen LogP contribution >= 0.6 is 11.6 Å². The van der Waals surface area contributed by atoms with Crippen LogP contribution in [0.1, 0.15) is 67.4 Å². The zero-order valence-corrected chi connectivity index (χ0v) is 32.9. The molecule has 54 heavy (non-hydrogen) atoms. The number of nitrogens with zero attached hydrogens (tertiary/aromatic N) is 2. The van der Waals surface area contributed by atoms with E-state index in [-0.39, 0.29) is 35.3 Å². The first-order valence-corrected chi connectivity index (χ1v) is 21.0. The molecule has 0 radical (unpaired) electrons. The molecular formula is C40H53ClF2N4O6S. The lowest BCUT2D eigenvalue weighted by Crippen LogP contribution is -2.53. The van der Waals surface area contributed by atoms with Gasteiger partial charge < -0.3 is 19.7 Å². The number of hydrogen-bond acceptors (Lipinski definition) is 9. The Morgan fingerprint density at radius 1 is 1.13 bits per heavy atom. The third-order valence-corrected chi connectivity index (χ3v) is 14.5. The van der Waals surface area contributed by atoms with Gasteiger partial charge in [-0.05, 0) is 105 Å². The highest BCUT2D eigenvalue weighted by Gasteiger charge is 2.49. The number of aldehydes is 1. The molecule has 14 heteroatoms. The number of halogens is 3. The van der Waals surface area contributed by atoms with E-state index in [1.54, 1.807) is 37.1 Å². The minimum Gasteiger partial charge on any atom is -0.490 e. The van der Waals surface area contributed by atoms with Crippen LogP contribution in [0.25, 0.3) is 0 Å². The lowest BCUT2D eigenvalue weighted by Gasteiger charge is -2.48. The Hall–Kier alpha value is -3.10. The molecule has 1 saturated heterocycles. The van der Waals surface area contributed by atoms with E-state index in [9.17, 15) is 26.8 Å². The van der Waals surface area contributed by atoms with Crippen molar-refractivity contribution in [2.75, 3.05) is 64.4 Å². The van der Waals surface area contributed by atoms with Crippen molar-refractivity contribution in [3.63, 3.8) is 0 Å². The quantitative estimate of drug-likeness (QED) is 0.301. The van der Waals surface area contributed by atoms with Gasteiger partial charge in [0.25, 0.3) is 12.3 Å². The lowest BCUT2D eigenvalue weighted by molar-refractivity contribution is -0.135. The molecule has 2 N–H and O–H groups in total. The van der Waals surface area contributed by atoms with Crippen molar-refractivity contribution in [2.45, 2.75) is 75.1 Å². The summed E-state index contributed by atoms with van der Waals surface area (Å²) in [6.07, 6.45) is 7.47. The van der Waals surface area contributed by atoms with Gasteiger partial charge in [-0.1, -0.05) is 30.7 Å². The van der Waals surface area contributed by atoms with Gasteiger partial charge in [-0.2, -0.15) is 0 Å². The van der Waals surface area contributed by atoms with Crippen LogP contribution in [0.15, 0.2) is 48.6 Å². The Morgan fingerprint density at radius 2 is 1.91 bits per heavy atom. The highest BCUT2D eigenvalue weighted by Crippen LogP contribution is 2.48. The molecule has 3 heterocycles. The van der Waals surface area contributed by atoms with Crippen LogP contribution in [0.5, 0.6) is 5.75 Å². The van der Waals surface area contributed by atoms with E-state index in [0.29, 0.717) is 36.9 Å². The minimum atomic E-state index is -3.97. The number of aryl methyl sites for hydroxylation is 1. The summed E-state index contributed by atoms with van der Waals surface area (Å²) in [4.78, 5) is 30.2. The van der Waals surface area contributed by atoms with E-state index >= 15 is 0 Å². The second-order valence-electron chi connectivity index (χ2n) is 15.6. The van der Waals surface area contributed by atoms with E-state index < -0.39 is 33.2 Å². The number of benzene rings is 2. The molecule has 2 fully saturated rings. The molecule has 296 valence electrons. The summed E-state index contributed by atoms with van der Waals surface area (Å²) in [5, 5.41) is 2.98. The number of allylic oxidation sites excluding steroid dienone is 1. The standard InChI is InChI=1S/C34H41ClN2O6S.C6H12F2N2/c1-22-6-4-15-34(20-38,42-3)29-11-8-26(29)18-37-19-33(14-5-7-24-16-27(35)10-12-28(24)33)21-43-31-13-9-25(17-30(31)37)32(39)36-44(40,41)23(22)2;7-6(8)5-10-3-1-9-2-4-10/h4,9-10,12-13,15-17,20,22-23,26,29H,5-8,11,14,18-19,21H2,1-3H3,(H,36,39);6,9H,1-5H2/b15-4+;/t22-,23+,26-,29+,33-,34+;/m0./s1. The topological polar surface area (TPSA) is 117 Å². The van der Waals surface area contributed by atoms with Gasteiger partial charge in [0.15, 0.2) is 6.29 Å². The van der Waals surface area contributed by atoms with Crippen molar-refractivity contribution in [1.29, 1.82) is 0 Å². The molecule has 2 aliphatic carbocycles. The molecule has 2 bridgehead atoms. The van der Waals surface area contributed by atoms with Gasteiger partial charge in [0.2, 0.25) is 10.0 Å². The SMILES string of the molecule is CO[C@@]1(C=O)/C=C/C[C@H](C)[C@@H](C)S(=O)(=O)NC(=O)c2ccc3c(c2)N(C[C@@H]2CC[C@H]21)C[C@@]1(CCCc2cc(Cl)ccc21)CO3.FC(F)CN1CCNCC1. The monoisotopic (exact) mass is 790 g/mol. The van der Waals surface area contributed by atoms with Crippen molar-refractivity contribution in [3.8, 4) is 5.75 Å². The maximum Gasteiger partial charge on any atom is 0.264 e. The Morgan fingerprint density at radius 3 is 2.59 bits per heavy atom. The first-order chi connectivity index (χ1) is 25.8. The zero-order chi connectivity index (χ0) is 38.7. The minimum absolute atomic E-state index is 0.0434. The molecule has 0 aromatic heterocycles. The number of amides is 1. The number of piperazine rings is 1. The molecule has 1 saturated carbocycles. The van der Waals surface area contributed by atoms with Crippen LogP contribution in [0.4, 0.5) is 14.5 Å². The van der Waals surface area contributed by atoms with Crippen LogP contribution in [0, 0.1) is 17.8 Å². The van der Waals surface area contributed by atoms with Gasteiger partial charge in [0.1, 0.15) is 11.4 Å². The van der Waals surface area contributed by atoms with Gasteiger partial charge in [-0.3, -0.25) is 14.5 Å². The largest absolute Gasteiger partial charge is 0.490 e. The number of sulfonamides is 1. The van der Waals surface area contributed by atoms with Gasteiger partial charge in [0.05, 0.1) is 24.1 Å². The molecular weight excluding hydrogens is 738 g/mol. The highest BCUT2D eigenvalue weighted by molar-refractivity contribution is 7.90. The lowest BCUT2D eigenvalue weighted by atomic mass is 9.64. The number of ether oxygens (including phenoxy) is 2. The van der Waals surface area contributed by atoms with Gasteiger partial charge in [-0.25, -0.2) is 21.9 Å². The fraction of sp³-hybridized carbons (Fsp3) is 0.600. The number of fused-ring (bicyclic) bond motifs is 4. The van der Waals surface area contributed by atoms with E-state index in [2.05, 4.69) is 27.1 Å².